The van der Waals surface area contributed by atoms with E-state index < -0.39 is 5.60 Å². The summed E-state index contributed by atoms with van der Waals surface area (Å²) in [5.41, 5.74) is 0.406. The molecule has 1 heterocycles. The van der Waals surface area contributed by atoms with E-state index in [-0.39, 0.29) is 5.92 Å². The summed E-state index contributed by atoms with van der Waals surface area (Å²) < 4.78 is 12.7. The van der Waals surface area contributed by atoms with Crippen LogP contribution in [0.25, 0.3) is 0 Å². The van der Waals surface area contributed by atoms with Gasteiger partial charge in [0.15, 0.2) is 11.7 Å². The van der Waals surface area contributed by atoms with E-state index in [9.17, 15) is 5.11 Å². The molecule has 1 fully saturated rings. The highest BCUT2D eigenvalue weighted by atomic mass is 35.5. The molecule has 0 amide bonds. The Kier molecular flexibility index (Phi) is 8.10. The van der Waals surface area contributed by atoms with E-state index in [1.807, 2.05) is 54.6 Å². The van der Waals surface area contributed by atoms with E-state index in [0.29, 0.717) is 30.1 Å². The van der Waals surface area contributed by atoms with Gasteiger partial charge in [-0.15, -0.1) is 0 Å². The predicted molar refractivity (Wildman–Crippen MR) is 132 cm³/mol. The molecule has 0 spiro atoms. The van der Waals surface area contributed by atoms with Gasteiger partial charge in [-0.2, -0.15) is 0 Å². The number of quaternary nitrogens is 1. The summed E-state index contributed by atoms with van der Waals surface area (Å²) >= 11 is 5.94. The molecule has 34 heavy (non-hydrogen) atoms. The van der Waals surface area contributed by atoms with Crippen molar-refractivity contribution >= 4 is 11.6 Å². The first-order valence-corrected chi connectivity index (χ1v) is 12.6. The van der Waals surface area contributed by atoms with Crippen LogP contribution in [0.2, 0.25) is 5.02 Å². The van der Waals surface area contributed by atoms with E-state index in [2.05, 4.69) is 19.1 Å². The molecule has 1 aliphatic rings. The first-order chi connectivity index (χ1) is 16.4. The molecule has 1 saturated carbocycles. The standard InChI is InChI=1S/C28H35ClN2O3/c1-31(2,17-18-33-21-22-13-15-25(29)16-14-22)20-26-19-30-27(34-26)28(32,23-9-5-3-6-10-23)24-11-7-4-8-12-24/h3,5-6,9-10,13-16,19,24H,4,7-8,11-12,17-18,20-21H2,1-2H3/t28-/m0/s1. The number of hydrogen-bond acceptors (Lipinski definition) is 4. The van der Waals surface area contributed by atoms with Crippen molar-refractivity contribution in [3.8, 4) is 0 Å². The fourth-order valence-corrected chi connectivity index (χ4v) is 4.99. The zero-order valence-electron chi connectivity index (χ0n) is 20.2. The highest BCUT2D eigenvalue weighted by Gasteiger charge is 2.36. The van der Waals surface area contributed by atoms with Crippen molar-refractivity contribution < 1.29 is 18.7 Å². The molecule has 1 atom stereocenters. The van der Waals surface area contributed by atoms with Crippen molar-refractivity contribution in [2.45, 2.75) is 50.9 Å². The lowest BCUT2D eigenvalue weighted by molar-refractivity contribution is -0.905. The minimum absolute atomic E-state index is 0.00100. The summed E-state index contributed by atoms with van der Waals surface area (Å²) in [5.74, 6) is 1.04. The third kappa shape index (κ3) is 6.08. The number of benzene rings is 2. The SMILES string of the molecule is C[N+](C)(CCOCc1ccc(Cl)cc1)Cc1cnc([C@]([O-])(c2ccccc2)C2CCCCC2)o1. The molecule has 6 heteroatoms. The average molecular weight is 483 g/mol. The third-order valence-electron chi connectivity index (χ3n) is 6.86. The zero-order valence-corrected chi connectivity index (χ0v) is 21.0. The predicted octanol–water partition coefficient (Wildman–Crippen LogP) is 5.31. The van der Waals surface area contributed by atoms with Gasteiger partial charge in [-0.3, -0.25) is 0 Å². The van der Waals surface area contributed by atoms with Gasteiger partial charge in [-0.25, -0.2) is 4.98 Å². The van der Waals surface area contributed by atoms with Gasteiger partial charge in [0.25, 0.3) is 0 Å². The minimum atomic E-state index is -1.45. The van der Waals surface area contributed by atoms with Gasteiger partial charge < -0.3 is 18.7 Å². The zero-order chi connectivity index (χ0) is 24.0. The summed E-state index contributed by atoms with van der Waals surface area (Å²) in [6, 6.07) is 17.4. The molecule has 3 aromatic rings. The largest absolute Gasteiger partial charge is 0.839 e. The second kappa shape index (κ2) is 11.0. The van der Waals surface area contributed by atoms with Gasteiger partial charge in [0, 0.05) is 5.02 Å². The van der Waals surface area contributed by atoms with E-state index in [1.54, 1.807) is 6.20 Å². The summed E-state index contributed by atoms with van der Waals surface area (Å²) in [6.07, 6.45) is 6.96. The number of rotatable bonds is 10. The Balaban J connectivity index is 1.40. The lowest BCUT2D eigenvalue weighted by atomic mass is 9.73. The summed E-state index contributed by atoms with van der Waals surface area (Å²) in [6.45, 7) is 2.63. The van der Waals surface area contributed by atoms with Crippen molar-refractivity contribution in [3.63, 3.8) is 0 Å². The Bertz CT molecular complexity index is 1030. The van der Waals surface area contributed by atoms with Crippen LogP contribution in [0.3, 0.4) is 0 Å². The first-order valence-electron chi connectivity index (χ1n) is 12.2. The minimum Gasteiger partial charge on any atom is -0.839 e. The number of hydrogen-bond donors (Lipinski definition) is 0. The maximum absolute atomic E-state index is 14.4. The van der Waals surface area contributed by atoms with Crippen LogP contribution in [0.15, 0.2) is 65.2 Å². The molecule has 0 saturated heterocycles. The van der Waals surface area contributed by atoms with Crippen LogP contribution in [0, 0.1) is 5.92 Å². The maximum atomic E-state index is 14.4. The van der Waals surface area contributed by atoms with Crippen molar-refractivity contribution in [3.05, 3.63) is 88.6 Å². The van der Waals surface area contributed by atoms with Crippen LogP contribution in [0.1, 0.15) is 54.9 Å². The van der Waals surface area contributed by atoms with Gasteiger partial charge >= 0.3 is 0 Å². The lowest BCUT2D eigenvalue weighted by Gasteiger charge is -2.46. The first kappa shape index (κ1) is 24.9. The normalized spacial score (nSPS) is 16.9. The summed E-state index contributed by atoms with van der Waals surface area (Å²) in [5, 5.41) is 15.1. The van der Waals surface area contributed by atoms with Gasteiger partial charge in [0.2, 0.25) is 0 Å². The quantitative estimate of drug-likeness (QED) is 0.290. The van der Waals surface area contributed by atoms with Crippen molar-refractivity contribution in [1.82, 2.24) is 4.98 Å². The Hall–Kier alpha value is -2.18. The molecular weight excluding hydrogens is 448 g/mol. The van der Waals surface area contributed by atoms with Gasteiger partial charge in [-0.05, 0) is 34.8 Å². The number of nitrogens with zero attached hydrogens (tertiary/aromatic N) is 2. The smallest absolute Gasteiger partial charge is 0.188 e. The van der Waals surface area contributed by atoms with Crippen molar-refractivity contribution in [1.29, 1.82) is 0 Å². The van der Waals surface area contributed by atoms with Crippen molar-refractivity contribution in [2.24, 2.45) is 5.92 Å². The van der Waals surface area contributed by atoms with Crippen LogP contribution in [-0.2, 0) is 23.5 Å². The fourth-order valence-electron chi connectivity index (χ4n) is 4.86. The molecule has 0 unspecified atom stereocenters. The number of oxazole rings is 1. The Morgan fingerprint density at radius 2 is 1.76 bits per heavy atom. The monoisotopic (exact) mass is 482 g/mol. The summed E-state index contributed by atoms with van der Waals surface area (Å²) in [4.78, 5) is 4.54. The Morgan fingerprint density at radius 1 is 1.06 bits per heavy atom. The molecular formula is C28H35ClN2O3. The van der Waals surface area contributed by atoms with E-state index in [0.717, 1.165) is 54.1 Å². The number of ether oxygens (including phenoxy) is 1. The van der Waals surface area contributed by atoms with Crippen LogP contribution >= 0.6 is 11.6 Å². The van der Waals surface area contributed by atoms with Gasteiger partial charge in [0.1, 0.15) is 13.1 Å². The molecule has 5 nitrogen and oxygen atoms in total. The van der Waals surface area contributed by atoms with Gasteiger partial charge in [-0.1, -0.05) is 86.2 Å². The van der Waals surface area contributed by atoms with Crippen LogP contribution < -0.4 is 5.11 Å². The fraction of sp³-hybridized carbons (Fsp3) is 0.464. The molecule has 0 bridgehead atoms. The average Bonchev–Trinajstić information content (AvgIpc) is 3.32. The maximum Gasteiger partial charge on any atom is 0.188 e. The van der Waals surface area contributed by atoms with E-state index >= 15 is 0 Å². The van der Waals surface area contributed by atoms with Crippen LogP contribution in [0.5, 0.6) is 0 Å². The van der Waals surface area contributed by atoms with Gasteiger partial charge in [0.05, 0.1) is 33.5 Å². The van der Waals surface area contributed by atoms with E-state index in [4.69, 9.17) is 20.8 Å². The third-order valence-corrected chi connectivity index (χ3v) is 7.11. The summed E-state index contributed by atoms with van der Waals surface area (Å²) in [7, 11) is 4.27. The number of likely N-dealkylation sites (N-methyl/N-ethyl adjacent to an activating group) is 1. The lowest BCUT2D eigenvalue weighted by Crippen LogP contribution is -2.49. The number of aromatic nitrogens is 1. The second-order valence-electron chi connectivity index (χ2n) is 10.1. The van der Waals surface area contributed by atoms with E-state index in [1.165, 1.54) is 6.42 Å². The molecule has 1 aliphatic carbocycles. The Labute approximate surface area is 207 Å². The number of halogens is 1. The second-order valence-corrected chi connectivity index (χ2v) is 10.5. The molecule has 0 N–H and O–H groups in total. The van der Waals surface area contributed by atoms with Crippen molar-refractivity contribution in [2.75, 3.05) is 27.2 Å². The highest BCUT2D eigenvalue weighted by molar-refractivity contribution is 6.30. The highest BCUT2D eigenvalue weighted by Crippen LogP contribution is 2.41. The van der Waals surface area contributed by atoms with Crippen LogP contribution in [0.4, 0.5) is 0 Å². The molecule has 182 valence electrons. The molecule has 4 rings (SSSR count). The molecule has 2 aromatic carbocycles. The molecule has 0 radical (unpaired) electrons. The Morgan fingerprint density at radius 3 is 2.47 bits per heavy atom. The molecule has 0 aliphatic heterocycles. The van der Waals surface area contributed by atoms with Crippen LogP contribution in [-0.4, -0.2) is 36.7 Å². The topological polar surface area (TPSA) is 58.3 Å². The molecule has 1 aromatic heterocycles.